The van der Waals surface area contributed by atoms with Gasteiger partial charge in [-0.3, -0.25) is 4.79 Å². The van der Waals surface area contributed by atoms with Crippen LogP contribution in [-0.4, -0.2) is 37.9 Å². The normalized spacial score (nSPS) is 19.0. The number of piperidine rings is 1. The Morgan fingerprint density at radius 1 is 0.903 bits per heavy atom. The molecular formula is C25H31N3O3. The summed E-state index contributed by atoms with van der Waals surface area (Å²) in [5, 5.41) is 6.85. The van der Waals surface area contributed by atoms with Gasteiger partial charge in [0.2, 0.25) is 6.79 Å². The van der Waals surface area contributed by atoms with Crippen LogP contribution in [0.25, 0.3) is 0 Å². The number of benzene rings is 2. The number of hydrogen-bond donors (Lipinski definition) is 2. The van der Waals surface area contributed by atoms with Gasteiger partial charge < -0.3 is 25.0 Å². The van der Waals surface area contributed by atoms with Crippen LogP contribution in [0, 0.1) is 0 Å². The number of nitrogens with one attached hydrogen (secondary N) is 2. The van der Waals surface area contributed by atoms with E-state index in [4.69, 9.17) is 9.47 Å². The fourth-order valence-electron chi connectivity index (χ4n) is 4.82. The second-order valence-corrected chi connectivity index (χ2v) is 8.83. The molecule has 1 saturated heterocycles. The predicted octanol–water partition coefficient (Wildman–Crippen LogP) is 3.85. The number of ether oxygens (including phenoxy) is 2. The van der Waals surface area contributed by atoms with Crippen molar-refractivity contribution in [1.82, 2.24) is 10.6 Å². The number of carbonyl (C=O) groups excluding carboxylic acids is 1. The maximum absolute atomic E-state index is 12.4. The van der Waals surface area contributed by atoms with Gasteiger partial charge in [-0.2, -0.15) is 0 Å². The minimum atomic E-state index is 0.0601. The average molecular weight is 422 g/mol. The van der Waals surface area contributed by atoms with E-state index in [1.54, 1.807) is 0 Å². The zero-order valence-electron chi connectivity index (χ0n) is 17.9. The summed E-state index contributed by atoms with van der Waals surface area (Å²) in [5.41, 5.74) is 3.18. The number of amides is 1. The van der Waals surface area contributed by atoms with Crippen LogP contribution >= 0.6 is 0 Å². The fourth-order valence-corrected chi connectivity index (χ4v) is 4.82. The topological polar surface area (TPSA) is 62.8 Å². The van der Waals surface area contributed by atoms with Crippen molar-refractivity contribution in [3.05, 3.63) is 53.6 Å². The smallest absolute Gasteiger partial charge is 0.251 e. The number of nitrogens with zero attached hydrogens (tertiary/aromatic N) is 1. The molecule has 1 saturated carbocycles. The Labute approximate surface area is 183 Å². The zero-order chi connectivity index (χ0) is 21.0. The van der Waals surface area contributed by atoms with E-state index in [-0.39, 0.29) is 5.91 Å². The highest BCUT2D eigenvalue weighted by Crippen LogP contribution is 2.32. The van der Waals surface area contributed by atoms with Crippen LogP contribution < -0.4 is 25.0 Å². The lowest BCUT2D eigenvalue weighted by molar-refractivity contribution is 0.0938. The summed E-state index contributed by atoms with van der Waals surface area (Å²) in [6.07, 6.45) is 6.89. The minimum Gasteiger partial charge on any atom is -0.454 e. The Hall–Kier alpha value is -2.73. The van der Waals surface area contributed by atoms with E-state index in [0.29, 0.717) is 18.9 Å². The van der Waals surface area contributed by atoms with Gasteiger partial charge in [-0.1, -0.05) is 18.9 Å². The van der Waals surface area contributed by atoms with E-state index >= 15 is 0 Å². The molecule has 0 spiro atoms. The monoisotopic (exact) mass is 421 g/mol. The highest BCUT2D eigenvalue weighted by molar-refractivity contribution is 5.94. The van der Waals surface area contributed by atoms with Crippen LogP contribution in [0.1, 0.15) is 54.4 Å². The van der Waals surface area contributed by atoms with Gasteiger partial charge in [0.1, 0.15) is 0 Å². The van der Waals surface area contributed by atoms with Crippen molar-refractivity contribution in [3.63, 3.8) is 0 Å². The SMILES string of the molecule is O=C(NC1CCCC1)c1ccc(N2CCC(NCc3ccc4c(c3)OCO4)CC2)cc1. The summed E-state index contributed by atoms with van der Waals surface area (Å²) in [4.78, 5) is 14.8. The van der Waals surface area contributed by atoms with E-state index in [2.05, 4.69) is 39.8 Å². The van der Waals surface area contributed by atoms with Crippen LogP contribution in [0.15, 0.2) is 42.5 Å². The second-order valence-electron chi connectivity index (χ2n) is 8.83. The van der Waals surface area contributed by atoms with Gasteiger partial charge in [0.15, 0.2) is 11.5 Å². The molecule has 164 valence electrons. The second kappa shape index (κ2) is 9.18. The van der Waals surface area contributed by atoms with Gasteiger partial charge in [0.05, 0.1) is 0 Å². The molecule has 3 aliphatic rings. The van der Waals surface area contributed by atoms with Gasteiger partial charge in [-0.25, -0.2) is 0 Å². The Balaban J connectivity index is 1.09. The minimum absolute atomic E-state index is 0.0601. The third-order valence-corrected chi connectivity index (χ3v) is 6.71. The van der Waals surface area contributed by atoms with E-state index in [1.807, 2.05) is 18.2 Å². The first-order chi connectivity index (χ1) is 15.2. The molecule has 0 unspecified atom stereocenters. The molecule has 0 radical (unpaired) electrons. The van der Waals surface area contributed by atoms with Crippen molar-refractivity contribution in [2.24, 2.45) is 0 Å². The molecule has 2 heterocycles. The van der Waals surface area contributed by atoms with Gasteiger partial charge in [-0.05, 0) is 67.6 Å². The Morgan fingerprint density at radius 2 is 1.65 bits per heavy atom. The largest absolute Gasteiger partial charge is 0.454 e. The molecule has 1 aliphatic carbocycles. The van der Waals surface area contributed by atoms with Crippen LogP contribution in [0.5, 0.6) is 11.5 Å². The molecule has 2 aromatic rings. The highest BCUT2D eigenvalue weighted by Gasteiger charge is 2.21. The lowest BCUT2D eigenvalue weighted by atomic mass is 10.0. The molecular weight excluding hydrogens is 390 g/mol. The molecule has 2 aliphatic heterocycles. The first-order valence-corrected chi connectivity index (χ1v) is 11.5. The Bertz CT molecular complexity index is 901. The fraction of sp³-hybridized carbons (Fsp3) is 0.480. The number of carbonyl (C=O) groups is 1. The quantitative estimate of drug-likeness (QED) is 0.742. The van der Waals surface area contributed by atoms with Crippen LogP contribution in [0.4, 0.5) is 5.69 Å². The Kier molecular flexibility index (Phi) is 5.98. The van der Waals surface area contributed by atoms with E-state index in [0.717, 1.165) is 62.4 Å². The van der Waals surface area contributed by atoms with Crippen molar-refractivity contribution in [3.8, 4) is 11.5 Å². The summed E-state index contributed by atoms with van der Waals surface area (Å²) < 4.78 is 10.8. The predicted molar refractivity (Wildman–Crippen MR) is 121 cm³/mol. The van der Waals surface area contributed by atoms with Crippen LogP contribution in [0.2, 0.25) is 0 Å². The van der Waals surface area contributed by atoms with Crippen molar-refractivity contribution in [2.45, 2.75) is 57.2 Å². The molecule has 2 aromatic carbocycles. The van der Waals surface area contributed by atoms with Gasteiger partial charge >= 0.3 is 0 Å². The molecule has 0 aromatic heterocycles. The Morgan fingerprint density at radius 3 is 2.42 bits per heavy atom. The summed E-state index contributed by atoms with van der Waals surface area (Å²) >= 11 is 0. The molecule has 2 fully saturated rings. The molecule has 31 heavy (non-hydrogen) atoms. The number of anilines is 1. The average Bonchev–Trinajstić information content (AvgIpc) is 3.50. The zero-order valence-corrected chi connectivity index (χ0v) is 17.9. The summed E-state index contributed by atoms with van der Waals surface area (Å²) in [6.45, 7) is 3.20. The summed E-state index contributed by atoms with van der Waals surface area (Å²) in [7, 11) is 0. The van der Waals surface area contributed by atoms with Gasteiger partial charge in [-0.15, -0.1) is 0 Å². The van der Waals surface area contributed by atoms with E-state index < -0.39 is 0 Å². The molecule has 0 atom stereocenters. The van der Waals surface area contributed by atoms with Crippen molar-refractivity contribution in [2.75, 3.05) is 24.8 Å². The lowest BCUT2D eigenvalue weighted by Crippen LogP contribution is -2.42. The molecule has 1 amide bonds. The molecule has 6 nitrogen and oxygen atoms in total. The van der Waals surface area contributed by atoms with Crippen molar-refractivity contribution in [1.29, 1.82) is 0 Å². The van der Waals surface area contributed by atoms with Gasteiger partial charge in [0.25, 0.3) is 5.91 Å². The first kappa shape index (κ1) is 20.2. The summed E-state index contributed by atoms with van der Waals surface area (Å²) in [6, 6.07) is 15.1. The standard InChI is InChI=1S/C25H31N3O3/c29-25(27-21-3-1-2-4-21)19-6-8-22(9-7-19)28-13-11-20(12-14-28)26-16-18-5-10-23-24(15-18)31-17-30-23/h5-10,15,20-21,26H,1-4,11-14,16-17H2,(H,27,29). The molecule has 2 N–H and O–H groups in total. The number of rotatable bonds is 6. The summed E-state index contributed by atoms with van der Waals surface area (Å²) in [5.74, 6) is 1.73. The number of hydrogen-bond acceptors (Lipinski definition) is 5. The van der Waals surface area contributed by atoms with E-state index in [9.17, 15) is 4.79 Å². The number of fused-ring (bicyclic) bond motifs is 1. The molecule has 5 rings (SSSR count). The van der Waals surface area contributed by atoms with Crippen molar-refractivity contribution < 1.29 is 14.3 Å². The first-order valence-electron chi connectivity index (χ1n) is 11.5. The molecule has 6 heteroatoms. The molecule has 0 bridgehead atoms. The maximum Gasteiger partial charge on any atom is 0.251 e. The highest BCUT2D eigenvalue weighted by atomic mass is 16.7. The third-order valence-electron chi connectivity index (χ3n) is 6.71. The van der Waals surface area contributed by atoms with Crippen LogP contribution in [0.3, 0.4) is 0 Å². The maximum atomic E-state index is 12.4. The lowest BCUT2D eigenvalue weighted by Gasteiger charge is -2.34. The van der Waals surface area contributed by atoms with Crippen LogP contribution in [-0.2, 0) is 6.54 Å². The third kappa shape index (κ3) is 4.79. The van der Waals surface area contributed by atoms with Crippen molar-refractivity contribution >= 4 is 11.6 Å². The van der Waals surface area contributed by atoms with Gasteiger partial charge in [0, 0.05) is 43.0 Å². The van der Waals surface area contributed by atoms with E-state index in [1.165, 1.54) is 24.1 Å².